The van der Waals surface area contributed by atoms with Crippen LogP contribution in [0.2, 0.25) is 0 Å². The van der Waals surface area contributed by atoms with Crippen LogP contribution in [0.3, 0.4) is 0 Å². The van der Waals surface area contributed by atoms with E-state index in [-0.39, 0.29) is 35.8 Å². The summed E-state index contributed by atoms with van der Waals surface area (Å²) in [7, 11) is 2.54. The van der Waals surface area contributed by atoms with Gasteiger partial charge in [0.25, 0.3) is 5.91 Å². The van der Waals surface area contributed by atoms with Gasteiger partial charge >= 0.3 is 12.1 Å². The second-order valence-corrected chi connectivity index (χ2v) is 6.95. The lowest BCUT2D eigenvalue weighted by Crippen LogP contribution is -2.69. The van der Waals surface area contributed by atoms with E-state index in [0.29, 0.717) is 11.1 Å². The number of esters is 1. The summed E-state index contributed by atoms with van der Waals surface area (Å²) in [5, 5.41) is 33.7. The van der Waals surface area contributed by atoms with Crippen molar-refractivity contribution >= 4 is 18.0 Å². The van der Waals surface area contributed by atoms with E-state index in [2.05, 4.69) is 16.4 Å². The second kappa shape index (κ2) is 10.9. The highest BCUT2D eigenvalue weighted by molar-refractivity contribution is 5.87. The minimum absolute atomic E-state index is 0.00445. The zero-order valence-corrected chi connectivity index (χ0v) is 17.6. The number of phenolic OH excluding ortho intramolecular Hbond substituents is 3. The molecule has 0 heterocycles. The van der Waals surface area contributed by atoms with Crippen molar-refractivity contribution < 1.29 is 44.9 Å². The van der Waals surface area contributed by atoms with E-state index >= 15 is 0 Å². The summed E-state index contributed by atoms with van der Waals surface area (Å²) in [5.74, 6) is -2.21. The van der Waals surface area contributed by atoms with Gasteiger partial charge in [0, 0.05) is 19.9 Å². The zero-order chi connectivity index (χ0) is 23.8. The van der Waals surface area contributed by atoms with Gasteiger partial charge in [-0.3, -0.25) is 4.79 Å². The van der Waals surface area contributed by atoms with Gasteiger partial charge < -0.3 is 41.2 Å². The Bertz CT molecular complexity index is 995. The maximum atomic E-state index is 12.6. The lowest BCUT2D eigenvalue weighted by Gasteiger charge is -2.18. The molecule has 0 spiro atoms. The van der Waals surface area contributed by atoms with Gasteiger partial charge in [0.2, 0.25) is 0 Å². The number of methoxy groups -OCH3 is 1. The van der Waals surface area contributed by atoms with Crippen molar-refractivity contribution in [2.45, 2.75) is 24.9 Å². The first kappa shape index (κ1) is 24.3. The molecule has 0 saturated heterocycles. The van der Waals surface area contributed by atoms with Crippen LogP contribution in [0.1, 0.15) is 11.1 Å². The first-order valence-corrected chi connectivity index (χ1v) is 9.58. The van der Waals surface area contributed by atoms with Crippen LogP contribution in [-0.4, -0.2) is 59.5 Å². The van der Waals surface area contributed by atoms with Crippen LogP contribution in [0.5, 0.6) is 23.0 Å². The third-order valence-electron chi connectivity index (χ3n) is 4.57. The summed E-state index contributed by atoms with van der Waals surface area (Å²) >= 11 is 0. The number of hydrogen-bond acceptors (Lipinski definition) is 8. The molecule has 0 fully saturated rings. The fourth-order valence-electron chi connectivity index (χ4n) is 2.85. The molecule has 0 aromatic heterocycles. The van der Waals surface area contributed by atoms with Gasteiger partial charge in [-0.1, -0.05) is 12.1 Å². The number of carbonyl (C=O) groups excluding carboxylic acids is 3. The van der Waals surface area contributed by atoms with Crippen LogP contribution in [0.25, 0.3) is 0 Å². The Morgan fingerprint density at radius 1 is 0.969 bits per heavy atom. The van der Waals surface area contributed by atoms with Crippen molar-refractivity contribution in [1.82, 2.24) is 10.6 Å². The molecule has 8 N–H and O–H groups in total. The van der Waals surface area contributed by atoms with Crippen LogP contribution < -0.4 is 21.1 Å². The Morgan fingerprint density at radius 2 is 1.59 bits per heavy atom. The van der Waals surface area contributed by atoms with Crippen LogP contribution in [0, 0.1) is 0 Å². The topological polar surface area (TPSA) is 182 Å². The Balaban J connectivity index is 2.12. The number of rotatable bonds is 8. The summed E-state index contributed by atoms with van der Waals surface area (Å²) < 4.78 is 9.72. The molecule has 0 unspecified atom stereocenters. The molecule has 2 aromatic carbocycles. The van der Waals surface area contributed by atoms with Crippen molar-refractivity contribution in [2.24, 2.45) is 0 Å². The van der Waals surface area contributed by atoms with E-state index in [4.69, 9.17) is 9.47 Å². The van der Waals surface area contributed by atoms with Gasteiger partial charge in [-0.2, -0.15) is 0 Å². The molecule has 11 nitrogen and oxygen atoms in total. The summed E-state index contributed by atoms with van der Waals surface area (Å²) in [4.78, 5) is 36.3. The quantitative estimate of drug-likeness (QED) is 0.232. The Kier molecular flexibility index (Phi) is 8.24. The molecule has 0 saturated carbocycles. The first-order chi connectivity index (χ1) is 15.1. The van der Waals surface area contributed by atoms with Gasteiger partial charge in [-0.05, 0) is 35.4 Å². The molecule has 0 radical (unpaired) electrons. The standard InChI is InChI=1S/C21H25N3O8/c1-23-21(30)32-18-10-12(4-6-16(18)26)8-14(20(29)31-2)24-19(28)13(22)7-11-3-5-15(25)17(27)9-11/h3-6,9-10,13-14,25-27H,7-8,22H2,1-2H3,(H,23,30)(H,24,28)/p+1/t13-,14-/m0/s1. The molecular weight excluding hydrogens is 422 g/mol. The Labute approximate surface area is 183 Å². The van der Waals surface area contributed by atoms with Crippen LogP contribution >= 0.6 is 0 Å². The molecule has 0 aliphatic carbocycles. The number of amides is 2. The van der Waals surface area contributed by atoms with Crippen LogP contribution in [0.15, 0.2) is 36.4 Å². The van der Waals surface area contributed by atoms with Crippen molar-refractivity contribution in [2.75, 3.05) is 14.2 Å². The second-order valence-electron chi connectivity index (χ2n) is 6.95. The molecule has 2 aromatic rings. The molecule has 0 aliphatic heterocycles. The number of hydrogen-bond donors (Lipinski definition) is 6. The van der Waals surface area contributed by atoms with Crippen LogP contribution in [0.4, 0.5) is 4.79 Å². The maximum absolute atomic E-state index is 12.6. The van der Waals surface area contributed by atoms with E-state index in [9.17, 15) is 29.7 Å². The maximum Gasteiger partial charge on any atom is 0.412 e. The molecule has 0 bridgehead atoms. The highest BCUT2D eigenvalue weighted by Crippen LogP contribution is 2.28. The number of nitrogens with one attached hydrogen (secondary N) is 2. The Morgan fingerprint density at radius 3 is 2.19 bits per heavy atom. The first-order valence-electron chi connectivity index (χ1n) is 9.58. The van der Waals surface area contributed by atoms with E-state index in [1.165, 1.54) is 44.5 Å². The number of aromatic hydroxyl groups is 3. The number of ether oxygens (including phenoxy) is 2. The highest BCUT2D eigenvalue weighted by atomic mass is 16.6. The van der Waals surface area contributed by atoms with E-state index < -0.39 is 30.1 Å². The minimum atomic E-state index is -1.07. The van der Waals surface area contributed by atoms with Gasteiger partial charge in [-0.25, -0.2) is 9.59 Å². The summed E-state index contributed by atoms with van der Waals surface area (Å²) in [5.41, 5.74) is 4.85. The van der Waals surface area contributed by atoms with Gasteiger partial charge in [0.15, 0.2) is 29.0 Å². The van der Waals surface area contributed by atoms with Gasteiger partial charge in [0.1, 0.15) is 6.04 Å². The molecule has 172 valence electrons. The van der Waals surface area contributed by atoms with E-state index in [0.717, 1.165) is 0 Å². The van der Waals surface area contributed by atoms with Crippen LogP contribution in [-0.2, 0) is 27.2 Å². The van der Waals surface area contributed by atoms with Crippen molar-refractivity contribution in [3.05, 3.63) is 47.5 Å². The normalized spacial score (nSPS) is 12.3. The molecule has 2 amide bonds. The number of quaternary nitrogens is 1. The monoisotopic (exact) mass is 448 g/mol. The SMILES string of the molecule is CNC(=O)Oc1cc(C[C@H](NC(=O)[C@@H]([NH3+])Cc2ccc(O)c(O)c2)C(=O)OC)ccc1O. The third-order valence-corrected chi connectivity index (χ3v) is 4.57. The van der Waals surface area contributed by atoms with Gasteiger partial charge in [-0.15, -0.1) is 0 Å². The smallest absolute Gasteiger partial charge is 0.412 e. The number of benzene rings is 2. The molecule has 32 heavy (non-hydrogen) atoms. The van der Waals surface area contributed by atoms with E-state index in [1.807, 2.05) is 0 Å². The molecule has 2 atom stereocenters. The molecular formula is C21H26N3O8+. The predicted octanol–water partition coefficient (Wildman–Crippen LogP) is -0.425. The lowest BCUT2D eigenvalue weighted by atomic mass is 10.0. The Hall–Kier alpha value is -3.99. The lowest BCUT2D eigenvalue weighted by molar-refractivity contribution is -0.403. The predicted molar refractivity (Wildman–Crippen MR) is 111 cm³/mol. The molecule has 11 heteroatoms. The average Bonchev–Trinajstić information content (AvgIpc) is 2.77. The van der Waals surface area contributed by atoms with E-state index in [1.54, 1.807) is 6.07 Å². The third kappa shape index (κ3) is 6.51. The zero-order valence-electron chi connectivity index (χ0n) is 17.6. The summed E-state index contributed by atoms with van der Waals surface area (Å²) in [6.45, 7) is 0. The van der Waals surface area contributed by atoms with Crippen molar-refractivity contribution in [1.29, 1.82) is 0 Å². The summed E-state index contributed by atoms with van der Waals surface area (Å²) in [6.07, 6.45) is -0.637. The van der Waals surface area contributed by atoms with Crippen molar-refractivity contribution in [3.63, 3.8) is 0 Å². The number of phenols is 3. The average molecular weight is 448 g/mol. The summed E-state index contributed by atoms with van der Waals surface area (Å²) in [6, 6.07) is 6.47. The molecule has 0 aliphatic rings. The van der Waals surface area contributed by atoms with Gasteiger partial charge in [0.05, 0.1) is 7.11 Å². The highest BCUT2D eigenvalue weighted by Gasteiger charge is 2.27. The fraction of sp³-hybridized carbons (Fsp3) is 0.286. The largest absolute Gasteiger partial charge is 0.504 e. The minimum Gasteiger partial charge on any atom is -0.504 e. The fourth-order valence-corrected chi connectivity index (χ4v) is 2.85. The molecule has 2 rings (SSSR count). The number of carbonyl (C=O) groups is 3. The van der Waals surface area contributed by atoms with Crippen molar-refractivity contribution in [3.8, 4) is 23.0 Å².